The van der Waals surface area contributed by atoms with Crippen LogP contribution in [0.4, 0.5) is 0 Å². The van der Waals surface area contributed by atoms with Gasteiger partial charge in [0.1, 0.15) is 11.5 Å². The van der Waals surface area contributed by atoms with Gasteiger partial charge in [-0.2, -0.15) is 5.10 Å². The summed E-state index contributed by atoms with van der Waals surface area (Å²) in [7, 11) is 4.72. The number of phenolic OH excluding ortho intramolecular Hbond substituents is 1. The van der Waals surface area contributed by atoms with Crippen molar-refractivity contribution in [3.8, 4) is 28.7 Å². The van der Waals surface area contributed by atoms with Gasteiger partial charge in [-0.05, 0) is 42.5 Å². The van der Waals surface area contributed by atoms with E-state index in [-0.39, 0.29) is 11.8 Å². The number of phenols is 1. The van der Waals surface area contributed by atoms with Crippen LogP contribution in [0.2, 0.25) is 5.02 Å². The molecule has 2 heterocycles. The van der Waals surface area contributed by atoms with Gasteiger partial charge in [0, 0.05) is 28.1 Å². The molecule has 2 aliphatic heterocycles. The van der Waals surface area contributed by atoms with E-state index in [0.29, 0.717) is 34.3 Å². The number of fused-ring (bicyclic) bond motifs is 3. The molecule has 0 saturated heterocycles. The van der Waals surface area contributed by atoms with Crippen molar-refractivity contribution in [2.75, 3.05) is 21.3 Å². The summed E-state index contributed by atoms with van der Waals surface area (Å²) in [4.78, 5) is 0. The number of nitrogens with zero attached hydrogens (tertiary/aromatic N) is 2. The summed E-state index contributed by atoms with van der Waals surface area (Å²) in [6.45, 7) is 0. The maximum atomic E-state index is 10.4. The smallest absolute Gasteiger partial charge is 0.214 e. The fourth-order valence-electron chi connectivity index (χ4n) is 4.40. The van der Waals surface area contributed by atoms with E-state index in [4.69, 9.17) is 35.6 Å². The van der Waals surface area contributed by atoms with Crippen LogP contribution in [0.1, 0.15) is 35.4 Å². The molecular formula is C25H23ClN2O5. The molecule has 8 heteroatoms. The molecule has 0 aliphatic carbocycles. The number of rotatable bonds is 5. The van der Waals surface area contributed by atoms with Crippen LogP contribution < -0.4 is 18.9 Å². The third-order valence-electron chi connectivity index (χ3n) is 5.94. The Hall–Kier alpha value is -3.58. The van der Waals surface area contributed by atoms with Crippen molar-refractivity contribution in [1.29, 1.82) is 0 Å². The highest BCUT2D eigenvalue weighted by molar-refractivity contribution is 6.30. The third kappa shape index (κ3) is 3.58. The molecule has 2 atom stereocenters. The number of ether oxygens (including phenoxy) is 4. The third-order valence-corrected chi connectivity index (χ3v) is 6.17. The maximum Gasteiger partial charge on any atom is 0.214 e. The predicted octanol–water partition coefficient (Wildman–Crippen LogP) is 5.31. The molecule has 2 aliphatic rings. The minimum Gasteiger partial charge on any atom is -0.507 e. The topological polar surface area (TPSA) is 72.8 Å². The van der Waals surface area contributed by atoms with E-state index in [2.05, 4.69) is 0 Å². The van der Waals surface area contributed by atoms with Gasteiger partial charge in [0.15, 0.2) is 11.5 Å². The molecule has 0 spiro atoms. The lowest BCUT2D eigenvalue weighted by molar-refractivity contribution is -0.0192. The maximum absolute atomic E-state index is 10.4. The van der Waals surface area contributed by atoms with Gasteiger partial charge in [-0.15, -0.1) is 0 Å². The van der Waals surface area contributed by atoms with E-state index in [9.17, 15) is 5.11 Å². The van der Waals surface area contributed by atoms with Gasteiger partial charge in [0.2, 0.25) is 12.0 Å². The number of hydrazone groups is 1. The summed E-state index contributed by atoms with van der Waals surface area (Å²) in [6, 6.07) is 16.4. The summed E-state index contributed by atoms with van der Waals surface area (Å²) < 4.78 is 23.0. The van der Waals surface area contributed by atoms with E-state index in [1.807, 2.05) is 47.5 Å². The molecule has 0 unspecified atom stereocenters. The highest BCUT2D eigenvalue weighted by atomic mass is 35.5. The van der Waals surface area contributed by atoms with E-state index < -0.39 is 6.23 Å². The first-order valence-corrected chi connectivity index (χ1v) is 10.8. The second-order valence-corrected chi connectivity index (χ2v) is 8.21. The van der Waals surface area contributed by atoms with Crippen LogP contribution in [0.25, 0.3) is 0 Å². The molecule has 7 nitrogen and oxygen atoms in total. The molecule has 5 rings (SSSR count). The highest BCUT2D eigenvalue weighted by Gasteiger charge is 2.42. The molecule has 0 fully saturated rings. The van der Waals surface area contributed by atoms with Crippen LogP contribution in [0, 0.1) is 0 Å². The average molecular weight is 467 g/mol. The monoisotopic (exact) mass is 466 g/mol. The predicted molar refractivity (Wildman–Crippen MR) is 125 cm³/mol. The molecule has 0 aromatic heterocycles. The van der Waals surface area contributed by atoms with Gasteiger partial charge < -0.3 is 24.1 Å². The standard InChI is InChI=1S/C25H23ClN2O5/c1-30-22-10-14(11-23(31-2)24(22)32-3)25-28-19(17-12-15(26)8-9-21(17)33-25)13-18(27-28)16-6-4-5-7-20(16)29/h4-12,19,25,29H,13H2,1-3H3/t19-,25-/m0/s1. The quantitative estimate of drug-likeness (QED) is 0.549. The Labute approximate surface area is 196 Å². The van der Waals surface area contributed by atoms with Gasteiger partial charge >= 0.3 is 0 Å². The fraction of sp³-hybridized carbons (Fsp3) is 0.240. The SMILES string of the molecule is COc1cc([C@@H]2Oc3ccc(Cl)cc3[C@@H]3CC(c4ccccc4O)=NN32)cc(OC)c1OC. The number of hydrogen-bond acceptors (Lipinski definition) is 7. The normalized spacial score (nSPS) is 18.7. The van der Waals surface area contributed by atoms with Crippen molar-refractivity contribution in [2.45, 2.75) is 18.7 Å². The zero-order chi connectivity index (χ0) is 23.1. The van der Waals surface area contributed by atoms with Crippen molar-refractivity contribution in [2.24, 2.45) is 5.10 Å². The molecule has 0 bridgehead atoms. The first-order chi connectivity index (χ1) is 16.0. The largest absolute Gasteiger partial charge is 0.507 e. The Morgan fingerprint density at radius 2 is 1.73 bits per heavy atom. The summed E-state index contributed by atoms with van der Waals surface area (Å²) in [5.41, 5.74) is 3.20. The lowest BCUT2D eigenvalue weighted by Crippen LogP contribution is -2.33. The number of halogens is 1. The molecular weight excluding hydrogens is 444 g/mol. The number of aromatic hydroxyl groups is 1. The molecule has 0 saturated carbocycles. The van der Waals surface area contributed by atoms with Crippen LogP contribution in [-0.2, 0) is 0 Å². The highest BCUT2D eigenvalue weighted by Crippen LogP contribution is 2.50. The molecule has 0 amide bonds. The second-order valence-electron chi connectivity index (χ2n) is 7.77. The van der Waals surface area contributed by atoms with E-state index >= 15 is 0 Å². The van der Waals surface area contributed by atoms with Crippen molar-refractivity contribution in [1.82, 2.24) is 5.01 Å². The van der Waals surface area contributed by atoms with Gasteiger partial charge in [-0.25, -0.2) is 5.01 Å². The van der Waals surface area contributed by atoms with Gasteiger partial charge in [0.25, 0.3) is 0 Å². The van der Waals surface area contributed by atoms with Crippen molar-refractivity contribution >= 4 is 17.3 Å². The Morgan fingerprint density at radius 3 is 2.39 bits per heavy atom. The lowest BCUT2D eigenvalue weighted by Gasteiger charge is -2.38. The number of para-hydroxylation sites is 1. The van der Waals surface area contributed by atoms with E-state index in [1.165, 1.54) is 0 Å². The van der Waals surface area contributed by atoms with E-state index in [0.717, 1.165) is 22.6 Å². The number of methoxy groups -OCH3 is 3. The summed E-state index contributed by atoms with van der Waals surface area (Å²) in [5.74, 6) is 2.47. The van der Waals surface area contributed by atoms with Gasteiger partial charge in [0.05, 0.1) is 33.1 Å². The molecule has 1 N–H and O–H groups in total. The van der Waals surface area contributed by atoms with Crippen molar-refractivity contribution in [3.05, 3.63) is 76.3 Å². The number of hydrogen-bond donors (Lipinski definition) is 1. The van der Waals surface area contributed by atoms with Gasteiger partial charge in [-0.3, -0.25) is 0 Å². The van der Waals surface area contributed by atoms with Gasteiger partial charge in [-0.1, -0.05) is 23.7 Å². The molecule has 3 aromatic carbocycles. The van der Waals surface area contributed by atoms with Crippen LogP contribution in [-0.4, -0.2) is 37.2 Å². The lowest BCUT2D eigenvalue weighted by atomic mass is 9.95. The van der Waals surface area contributed by atoms with Crippen LogP contribution in [0.3, 0.4) is 0 Å². The molecule has 0 radical (unpaired) electrons. The molecule has 3 aromatic rings. The van der Waals surface area contributed by atoms with Crippen LogP contribution in [0.5, 0.6) is 28.7 Å². The Balaban J connectivity index is 1.65. The minimum atomic E-state index is -0.555. The van der Waals surface area contributed by atoms with E-state index in [1.54, 1.807) is 33.5 Å². The summed E-state index contributed by atoms with van der Waals surface area (Å²) in [6.07, 6.45) is 0.0376. The molecule has 33 heavy (non-hydrogen) atoms. The fourth-order valence-corrected chi connectivity index (χ4v) is 4.58. The zero-order valence-corrected chi connectivity index (χ0v) is 19.2. The molecule has 170 valence electrons. The minimum absolute atomic E-state index is 0.119. The summed E-state index contributed by atoms with van der Waals surface area (Å²) >= 11 is 6.31. The number of benzene rings is 3. The van der Waals surface area contributed by atoms with Crippen molar-refractivity contribution in [3.63, 3.8) is 0 Å². The van der Waals surface area contributed by atoms with Crippen molar-refractivity contribution < 1.29 is 24.1 Å². The summed E-state index contributed by atoms with van der Waals surface area (Å²) in [5, 5.41) is 17.8. The zero-order valence-electron chi connectivity index (χ0n) is 18.4. The first-order valence-electron chi connectivity index (χ1n) is 10.4. The Bertz CT molecular complexity index is 1220. The first kappa shape index (κ1) is 21.3. The Kier molecular flexibility index (Phi) is 5.42. The Morgan fingerprint density at radius 1 is 1.00 bits per heavy atom. The van der Waals surface area contributed by atoms with Crippen LogP contribution >= 0.6 is 11.6 Å². The second kappa shape index (κ2) is 8.41. The van der Waals surface area contributed by atoms with Crippen LogP contribution in [0.15, 0.2) is 59.7 Å². The average Bonchev–Trinajstić information content (AvgIpc) is 3.28.